The van der Waals surface area contributed by atoms with Crippen molar-refractivity contribution in [2.24, 2.45) is 5.41 Å². The van der Waals surface area contributed by atoms with Crippen LogP contribution in [0.1, 0.15) is 38.2 Å². The Kier molecular flexibility index (Phi) is 4.74. The SMILES string of the molecule is CCN1CC2(CCCN(CC(=O)N3CCc4ccccc43)C2)CCC1=O. The molecule has 0 aromatic heterocycles. The first-order valence-electron chi connectivity index (χ1n) is 9.99. The van der Waals surface area contributed by atoms with Crippen molar-refractivity contribution in [3.8, 4) is 0 Å². The third-order valence-corrected chi connectivity index (χ3v) is 6.42. The number of hydrogen-bond donors (Lipinski definition) is 0. The summed E-state index contributed by atoms with van der Waals surface area (Å²) in [6, 6.07) is 8.24. The second kappa shape index (κ2) is 7.03. The molecule has 2 saturated heterocycles. The third kappa shape index (κ3) is 3.25. The van der Waals surface area contributed by atoms with E-state index in [1.807, 2.05) is 21.9 Å². The minimum Gasteiger partial charge on any atom is -0.342 e. The zero-order valence-electron chi connectivity index (χ0n) is 15.7. The highest BCUT2D eigenvalue weighted by atomic mass is 16.2. The molecule has 3 aliphatic rings. The lowest BCUT2D eigenvalue weighted by atomic mass is 9.73. The van der Waals surface area contributed by atoms with Crippen molar-refractivity contribution in [2.45, 2.75) is 39.0 Å². The van der Waals surface area contributed by atoms with Gasteiger partial charge in [-0.2, -0.15) is 0 Å². The predicted molar refractivity (Wildman–Crippen MR) is 102 cm³/mol. The Labute approximate surface area is 155 Å². The number of nitrogens with zero attached hydrogens (tertiary/aromatic N) is 3. The Morgan fingerprint density at radius 1 is 1.12 bits per heavy atom. The Balaban J connectivity index is 1.41. The number of carbonyl (C=O) groups excluding carboxylic acids is 2. The first-order chi connectivity index (χ1) is 12.6. The number of amides is 2. The number of rotatable bonds is 3. The third-order valence-electron chi connectivity index (χ3n) is 6.42. The molecular formula is C21H29N3O2. The van der Waals surface area contributed by atoms with E-state index in [4.69, 9.17) is 0 Å². The molecule has 0 bridgehead atoms. The van der Waals surface area contributed by atoms with Crippen LogP contribution in [0.25, 0.3) is 0 Å². The van der Waals surface area contributed by atoms with Gasteiger partial charge in [-0.15, -0.1) is 0 Å². The molecule has 0 radical (unpaired) electrons. The van der Waals surface area contributed by atoms with Gasteiger partial charge >= 0.3 is 0 Å². The zero-order valence-corrected chi connectivity index (χ0v) is 15.7. The first-order valence-corrected chi connectivity index (χ1v) is 9.99. The number of carbonyl (C=O) groups is 2. The molecule has 4 rings (SSSR count). The molecule has 2 fully saturated rings. The van der Waals surface area contributed by atoms with Gasteiger partial charge in [-0.25, -0.2) is 0 Å². The number of para-hydroxylation sites is 1. The summed E-state index contributed by atoms with van der Waals surface area (Å²) < 4.78 is 0. The predicted octanol–water partition coefficient (Wildman–Crippen LogP) is 2.30. The minimum absolute atomic E-state index is 0.186. The van der Waals surface area contributed by atoms with Crippen molar-refractivity contribution >= 4 is 17.5 Å². The summed E-state index contributed by atoms with van der Waals surface area (Å²) >= 11 is 0. The van der Waals surface area contributed by atoms with Crippen molar-refractivity contribution in [2.75, 3.05) is 44.2 Å². The van der Waals surface area contributed by atoms with Crippen LogP contribution in [-0.4, -0.2) is 60.9 Å². The molecule has 0 aliphatic carbocycles. The topological polar surface area (TPSA) is 43.9 Å². The maximum absolute atomic E-state index is 12.9. The molecule has 1 aromatic rings. The number of fused-ring (bicyclic) bond motifs is 1. The van der Waals surface area contributed by atoms with E-state index in [1.165, 1.54) is 12.0 Å². The molecule has 0 N–H and O–H groups in total. The Morgan fingerprint density at radius 3 is 2.81 bits per heavy atom. The van der Waals surface area contributed by atoms with Gasteiger partial charge in [0.25, 0.3) is 0 Å². The van der Waals surface area contributed by atoms with Gasteiger partial charge in [0.05, 0.1) is 6.54 Å². The summed E-state index contributed by atoms with van der Waals surface area (Å²) in [7, 11) is 0. The smallest absolute Gasteiger partial charge is 0.241 e. The first kappa shape index (κ1) is 17.5. The van der Waals surface area contributed by atoms with Crippen molar-refractivity contribution in [3.05, 3.63) is 29.8 Å². The van der Waals surface area contributed by atoms with Gasteiger partial charge in [-0.1, -0.05) is 18.2 Å². The molecule has 1 aromatic carbocycles. The largest absolute Gasteiger partial charge is 0.342 e. The van der Waals surface area contributed by atoms with E-state index in [9.17, 15) is 9.59 Å². The summed E-state index contributed by atoms with van der Waals surface area (Å²) in [4.78, 5) is 31.3. The fraction of sp³-hybridized carbons (Fsp3) is 0.619. The molecule has 3 aliphatic heterocycles. The van der Waals surface area contributed by atoms with Crippen LogP contribution in [0.2, 0.25) is 0 Å². The molecular weight excluding hydrogens is 326 g/mol. The molecule has 3 heterocycles. The summed E-state index contributed by atoms with van der Waals surface area (Å²) in [6.45, 7) is 6.95. The van der Waals surface area contributed by atoms with E-state index >= 15 is 0 Å². The van der Waals surface area contributed by atoms with Crippen molar-refractivity contribution in [1.29, 1.82) is 0 Å². The van der Waals surface area contributed by atoms with Crippen LogP contribution in [0.15, 0.2) is 24.3 Å². The lowest BCUT2D eigenvalue weighted by Crippen LogP contribution is -2.55. The van der Waals surface area contributed by atoms with Crippen LogP contribution in [0.3, 0.4) is 0 Å². The van der Waals surface area contributed by atoms with Crippen LogP contribution in [0.4, 0.5) is 5.69 Å². The molecule has 140 valence electrons. The molecule has 5 nitrogen and oxygen atoms in total. The van der Waals surface area contributed by atoms with Crippen LogP contribution in [0, 0.1) is 5.41 Å². The highest BCUT2D eigenvalue weighted by molar-refractivity contribution is 5.96. The fourth-order valence-corrected chi connectivity index (χ4v) is 5.04. The zero-order chi connectivity index (χ0) is 18.1. The van der Waals surface area contributed by atoms with Gasteiger partial charge in [0, 0.05) is 43.7 Å². The van der Waals surface area contributed by atoms with Gasteiger partial charge in [0.15, 0.2) is 0 Å². The monoisotopic (exact) mass is 355 g/mol. The molecule has 5 heteroatoms. The Hall–Kier alpha value is -1.88. The number of likely N-dealkylation sites (tertiary alicyclic amines) is 2. The quantitative estimate of drug-likeness (QED) is 0.836. The van der Waals surface area contributed by atoms with E-state index in [0.717, 1.165) is 57.7 Å². The van der Waals surface area contributed by atoms with Crippen molar-refractivity contribution < 1.29 is 9.59 Å². The minimum atomic E-state index is 0.186. The van der Waals surface area contributed by atoms with Crippen molar-refractivity contribution in [1.82, 2.24) is 9.80 Å². The fourth-order valence-electron chi connectivity index (χ4n) is 5.04. The average Bonchev–Trinajstić information content (AvgIpc) is 3.08. The normalized spacial score (nSPS) is 26.4. The molecule has 1 atom stereocenters. The number of piperidine rings is 2. The summed E-state index contributed by atoms with van der Waals surface area (Å²) in [5, 5.41) is 0. The molecule has 2 amide bonds. The Morgan fingerprint density at radius 2 is 1.96 bits per heavy atom. The van der Waals surface area contributed by atoms with E-state index in [0.29, 0.717) is 18.9 Å². The van der Waals surface area contributed by atoms with Gasteiger partial charge in [0.1, 0.15) is 0 Å². The van der Waals surface area contributed by atoms with Crippen LogP contribution >= 0.6 is 0 Å². The molecule has 1 spiro atoms. The van der Waals surface area contributed by atoms with Crippen LogP contribution < -0.4 is 4.90 Å². The molecule has 0 saturated carbocycles. The van der Waals surface area contributed by atoms with Gasteiger partial charge in [-0.3, -0.25) is 14.5 Å². The second-order valence-electron chi connectivity index (χ2n) is 8.15. The van der Waals surface area contributed by atoms with Crippen LogP contribution in [-0.2, 0) is 16.0 Å². The van der Waals surface area contributed by atoms with E-state index in [-0.39, 0.29) is 11.3 Å². The van der Waals surface area contributed by atoms with Gasteiger partial charge < -0.3 is 9.80 Å². The summed E-state index contributed by atoms with van der Waals surface area (Å²) in [5.74, 6) is 0.506. The lowest BCUT2D eigenvalue weighted by Gasteiger charge is -2.48. The lowest BCUT2D eigenvalue weighted by molar-refractivity contribution is -0.139. The van der Waals surface area contributed by atoms with Gasteiger partial charge in [-0.05, 0) is 50.8 Å². The summed E-state index contributed by atoms with van der Waals surface area (Å²) in [5.41, 5.74) is 2.55. The maximum atomic E-state index is 12.9. The average molecular weight is 355 g/mol. The Bertz CT molecular complexity index is 704. The molecule has 26 heavy (non-hydrogen) atoms. The van der Waals surface area contributed by atoms with E-state index in [2.05, 4.69) is 24.0 Å². The summed E-state index contributed by atoms with van der Waals surface area (Å²) in [6.07, 6.45) is 4.89. The second-order valence-corrected chi connectivity index (χ2v) is 8.15. The number of hydrogen-bond acceptors (Lipinski definition) is 3. The van der Waals surface area contributed by atoms with Gasteiger partial charge in [0.2, 0.25) is 11.8 Å². The van der Waals surface area contributed by atoms with E-state index in [1.54, 1.807) is 0 Å². The highest BCUT2D eigenvalue weighted by Crippen LogP contribution is 2.39. The number of anilines is 1. The van der Waals surface area contributed by atoms with E-state index < -0.39 is 0 Å². The molecule has 1 unspecified atom stereocenters. The highest BCUT2D eigenvalue weighted by Gasteiger charge is 2.41. The van der Waals surface area contributed by atoms with Crippen molar-refractivity contribution in [3.63, 3.8) is 0 Å². The number of benzene rings is 1. The standard InChI is InChI=1S/C21H29N3O2/c1-2-23-16-21(11-8-19(23)25)10-5-12-22(15-21)14-20(26)24-13-9-17-6-3-4-7-18(17)24/h3-4,6-7H,2,5,8-16H2,1H3. The van der Waals surface area contributed by atoms with Crippen LogP contribution in [0.5, 0.6) is 0 Å². The maximum Gasteiger partial charge on any atom is 0.241 e.